The number of nitrogens with zero attached hydrogens (tertiary/aromatic N) is 1. The lowest BCUT2D eigenvalue weighted by Gasteiger charge is -2.24. The van der Waals surface area contributed by atoms with Crippen molar-refractivity contribution in [2.24, 2.45) is 0 Å². The van der Waals surface area contributed by atoms with E-state index >= 15 is 0 Å². The zero-order valence-corrected chi connectivity index (χ0v) is 19.1. The Labute approximate surface area is 198 Å². The van der Waals surface area contributed by atoms with E-state index in [1.807, 2.05) is 31.2 Å². The van der Waals surface area contributed by atoms with Crippen LogP contribution in [0, 0.1) is 0 Å². The summed E-state index contributed by atoms with van der Waals surface area (Å²) < 4.78 is 11.4. The molecule has 5 rings (SSSR count). The number of aryl methyl sites for hydroxylation is 2. The van der Waals surface area contributed by atoms with Gasteiger partial charge in [-0.3, -0.25) is 14.5 Å². The predicted molar refractivity (Wildman–Crippen MR) is 129 cm³/mol. The zero-order chi connectivity index (χ0) is 23.7. The van der Waals surface area contributed by atoms with Crippen molar-refractivity contribution in [2.75, 3.05) is 11.5 Å². The van der Waals surface area contributed by atoms with E-state index in [0.717, 1.165) is 32.1 Å². The Morgan fingerprint density at radius 3 is 2.65 bits per heavy atom. The van der Waals surface area contributed by atoms with Crippen molar-refractivity contribution >= 4 is 23.1 Å². The molecule has 1 atom stereocenters. The van der Waals surface area contributed by atoms with Gasteiger partial charge < -0.3 is 14.3 Å². The molecular weight excluding hydrogens is 430 g/mol. The van der Waals surface area contributed by atoms with Gasteiger partial charge in [0.15, 0.2) is 0 Å². The van der Waals surface area contributed by atoms with Crippen molar-refractivity contribution in [3.8, 4) is 5.75 Å². The van der Waals surface area contributed by atoms with Crippen molar-refractivity contribution in [2.45, 2.75) is 45.1 Å². The SMILES string of the molecule is CCCOc1cccc(N2C(=O)C(=O)/C(=C(\O)c3ccc4c(c3)CCCC4)C2c2ccco2)c1. The minimum atomic E-state index is -0.882. The Morgan fingerprint density at radius 2 is 1.88 bits per heavy atom. The molecule has 6 heteroatoms. The maximum absolute atomic E-state index is 13.3. The van der Waals surface area contributed by atoms with Crippen LogP contribution < -0.4 is 9.64 Å². The van der Waals surface area contributed by atoms with E-state index in [0.29, 0.717) is 29.4 Å². The summed E-state index contributed by atoms with van der Waals surface area (Å²) in [4.78, 5) is 27.9. The number of rotatable bonds is 6. The summed E-state index contributed by atoms with van der Waals surface area (Å²) in [7, 11) is 0. The molecule has 0 radical (unpaired) electrons. The second-order valence-corrected chi connectivity index (χ2v) is 8.72. The second kappa shape index (κ2) is 9.21. The predicted octanol–water partition coefficient (Wildman–Crippen LogP) is 5.57. The van der Waals surface area contributed by atoms with E-state index in [9.17, 15) is 14.7 Å². The van der Waals surface area contributed by atoms with E-state index in [-0.39, 0.29) is 11.3 Å². The van der Waals surface area contributed by atoms with Crippen molar-refractivity contribution in [3.63, 3.8) is 0 Å². The Morgan fingerprint density at radius 1 is 1.06 bits per heavy atom. The number of aliphatic hydroxyl groups excluding tert-OH is 1. The standard InChI is InChI=1S/C28H27NO5/c1-2-14-33-22-10-5-9-21(17-22)29-25(23-11-6-15-34-23)24(27(31)28(29)32)26(30)20-13-12-18-7-3-4-8-19(18)16-20/h5-6,9-13,15-17,25,30H,2-4,7-8,14H2,1H3/b26-24-. The van der Waals surface area contributed by atoms with Gasteiger partial charge in [0.1, 0.15) is 23.3 Å². The van der Waals surface area contributed by atoms with E-state index in [1.165, 1.54) is 22.3 Å². The van der Waals surface area contributed by atoms with Crippen LogP contribution in [0.3, 0.4) is 0 Å². The number of hydrogen-bond acceptors (Lipinski definition) is 5. The van der Waals surface area contributed by atoms with Crippen molar-refractivity contribution in [3.05, 3.63) is 88.9 Å². The lowest BCUT2D eigenvalue weighted by atomic mass is 9.89. The Kier molecular flexibility index (Phi) is 5.97. The zero-order valence-electron chi connectivity index (χ0n) is 19.1. The van der Waals surface area contributed by atoms with Gasteiger partial charge in [0.05, 0.1) is 18.4 Å². The number of Topliss-reactive ketones (excluding diaryl/α,β-unsaturated/α-hetero) is 1. The molecule has 1 unspecified atom stereocenters. The van der Waals surface area contributed by atoms with Crippen LogP contribution in [0.25, 0.3) is 5.76 Å². The highest BCUT2D eigenvalue weighted by molar-refractivity contribution is 6.51. The maximum atomic E-state index is 13.3. The first kappa shape index (κ1) is 22.0. The third-order valence-corrected chi connectivity index (χ3v) is 6.45. The first-order valence-corrected chi connectivity index (χ1v) is 11.8. The molecule has 1 saturated heterocycles. The number of anilines is 1. The molecule has 1 aliphatic carbocycles. The van der Waals surface area contributed by atoms with Crippen LogP contribution >= 0.6 is 0 Å². The fourth-order valence-corrected chi connectivity index (χ4v) is 4.79. The Balaban J connectivity index is 1.62. The number of furan rings is 1. The van der Waals surface area contributed by atoms with Crippen molar-refractivity contribution < 1.29 is 23.8 Å². The fraction of sp³-hybridized carbons (Fsp3) is 0.286. The normalized spacial score (nSPS) is 19.3. The summed E-state index contributed by atoms with van der Waals surface area (Å²) in [5.74, 6) is -0.633. The minimum Gasteiger partial charge on any atom is -0.507 e. The Bertz CT molecular complexity index is 1260. The lowest BCUT2D eigenvalue weighted by molar-refractivity contribution is -0.132. The van der Waals surface area contributed by atoms with Gasteiger partial charge in [-0.1, -0.05) is 25.1 Å². The summed E-state index contributed by atoms with van der Waals surface area (Å²) in [5.41, 5.74) is 3.52. The number of benzene rings is 2. The van der Waals surface area contributed by atoms with Crippen LogP contribution in [-0.2, 0) is 22.4 Å². The van der Waals surface area contributed by atoms with Crippen LogP contribution in [0.4, 0.5) is 5.69 Å². The number of fused-ring (bicyclic) bond motifs is 1. The molecule has 2 heterocycles. The van der Waals surface area contributed by atoms with Crippen LogP contribution in [0.2, 0.25) is 0 Å². The van der Waals surface area contributed by atoms with E-state index in [1.54, 1.807) is 30.3 Å². The average molecular weight is 458 g/mol. The summed E-state index contributed by atoms with van der Waals surface area (Å²) in [6.45, 7) is 2.56. The number of aliphatic hydroxyl groups is 1. The van der Waals surface area contributed by atoms with Gasteiger partial charge in [-0.05, 0) is 73.6 Å². The van der Waals surface area contributed by atoms with Crippen molar-refractivity contribution in [1.82, 2.24) is 0 Å². The fourth-order valence-electron chi connectivity index (χ4n) is 4.79. The van der Waals surface area contributed by atoms with Crippen LogP contribution in [0.1, 0.15) is 54.7 Å². The minimum absolute atomic E-state index is 0.0237. The molecular formula is C28H27NO5. The van der Waals surface area contributed by atoms with Gasteiger partial charge in [0.25, 0.3) is 11.7 Å². The third kappa shape index (κ3) is 3.89. The molecule has 6 nitrogen and oxygen atoms in total. The molecule has 2 aliphatic rings. The average Bonchev–Trinajstić information content (AvgIpc) is 3.49. The van der Waals surface area contributed by atoms with Gasteiger partial charge in [-0.25, -0.2) is 0 Å². The number of carbonyl (C=O) groups is 2. The third-order valence-electron chi connectivity index (χ3n) is 6.45. The highest BCUT2D eigenvalue weighted by Crippen LogP contribution is 2.43. The van der Waals surface area contributed by atoms with Crippen LogP contribution in [0.5, 0.6) is 5.75 Å². The number of ether oxygens (including phenoxy) is 1. The van der Waals surface area contributed by atoms with Gasteiger partial charge in [0.2, 0.25) is 0 Å². The molecule has 1 N–H and O–H groups in total. The van der Waals surface area contributed by atoms with Crippen LogP contribution in [-0.4, -0.2) is 23.4 Å². The first-order valence-electron chi connectivity index (χ1n) is 11.8. The lowest BCUT2D eigenvalue weighted by Crippen LogP contribution is -2.29. The molecule has 0 spiro atoms. The molecule has 1 amide bonds. The summed E-state index contributed by atoms with van der Waals surface area (Å²) >= 11 is 0. The molecule has 174 valence electrons. The topological polar surface area (TPSA) is 80.0 Å². The number of hydrogen-bond donors (Lipinski definition) is 1. The molecule has 2 aromatic carbocycles. The molecule has 1 fully saturated rings. The molecule has 3 aromatic rings. The van der Waals surface area contributed by atoms with Crippen molar-refractivity contribution in [1.29, 1.82) is 0 Å². The molecule has 0 bridgehead atoms. The highest BCUT2D eigenvalue weighted by atomic mass is 16.5. The number of amides is 1. The monoisotopic (exact) mass is 457 g/mol. The van der Waals surface area contributed by atoms with Gasteiger partial charge in [-0.2, -0.15) is 0 Å². The van der Waals surface area contributed by atoms with E-state index in [2.05, 4.69) is 0 Å². The summed E-state index contributed by atoms with van der Waals surface area (Å²) in [6, 6.07) is 15.4. The van der Waals surface area contributed by atoms with Gasteiger partial charge >= 0.3 is 0 Å². The van der Waals surface area contributed by atoms with E-state index in [4.69, 9.17) is 9.15 Å². The summed E-state index contributed by atoms with van der Waals surface area (Å²) in [6.07, 6.45) is 6.56. The largest absolute Gasteiger partial charge is 0.507 e. The highest BCUT2D eigenvalue weighted by Gasteiger charge is 2.48. The number of carbonyl (C=O) groups excluding carboxylic acids is 2. The van der Waals surface area contributed by atoms with Gasteiger partial charge in [-0.15, -0.1) is 0 Å². The maximum Gasteiger partial charge on any atom is 0.300 e. The Hall–Kier alpha value is -3.80. The summed E-state index contributed by atoms with van der Waals surface area (Å²) in [5, 5.41) is 11.3. The molecule has 0 saturated carbocycles. The van der Waals surface area contributed by atoms with Gasteiger partial charge in [0, 0.05) is 17.3 Å². The van der Waals surface area contributed by atoms with Crippen LogP contribution in [0.15, 0.2) is 70.9 Å². The van der Waals surface area contributed by atoms with E-state index < -0.39 is 17.7 Å². The quantitative estimate of drug-likeness (QED) is 0.297. The molecule has 1 aliphatic heterocycles. The molecule has 1 aromatic heterocycles. The smallest absolute Gasteiger partial charge is 0.300 e. The number of ketones is 1. The second-order valence-electron chi connectivity index (χ2n) is 8.72. The first-order chi connectivity index (χ1) is 16.6. The molecule has 34 heavy (non-hydrogen) atoms.